The molecule has 0 aromatic rings. The zero-order valence-corrected chi connectivity index (χ0v) is 18.3. The van der Waals surface area contributed by atoms with E-state index in [1.165, 1.54) is 9.21 Å². The molecule has 3 amide bonds. The summed E-state index contributed by atoms with van der Waals surface area (Å²) >= 11 is 0. The third-order valence-electron chi connectivity index (χ3n) is 6.39. The predicted molar refractivity (Wildman–Crippen MR) is 106 cm³/mol. The minimum Gasteiger partial charge on any atom is -0.377 e. The second kappa shape index (κ2) is 9.00. The molecule has 1 atom stereocenters. The molecule has 11 nitrogen and oxygen atoms in total. The first kappa shape index (κ1) is 22.4. The molecule has 0 N–H and O–H groups in total. The Hall–Kier alpha value is -1.76. The van der Waals surface area contributed by atoms with E-state index in [1.54, 1.807) is 0 Å². The molecule has 4 saturated heterocycles. The number of piperidine rings is 1. The molecule has 0 aliphatic carbocycles. The number of hydrogen-bond acceptors (Lipinski definition) is 8. The first-order valence-corrected chi connectivity index (χ1v) is 12.4. The third-order valence-corrected chi connectivity index (χ3v) is 8.28. The van der Waals surface area contributed by atoms with Crippen LogP contribution in [0.15, 0.2) is 0 Å². The number of likely N-dealkylation sites (tertiary alicyclic amines) is 1. The van der Waals surface area contributed by atoms with Gasteiger partial charge in [0.2, 0.25) is 10.0 Å². The fourth-order valence-corrected chi connectivity index (χ4v) is 6.25. The van der Waals surface area contributed by atoms with Gasteiger partial charge in [-0.2, -0.15) is 4.31 Å². The normalized spacial score (nSPS) is 27.7. The highest BCUT2D eigenvalue weighted by atomic mass is 32.2. The van der Waals surface area contributed by atoms with Crippen LogP contribution in [0.3, 0.4) is 0 Å². The first-order valence-electron chi connectivity index (χ1n) is 10.8. The van der Waals surface area contributed by atoms with Crippen LogP contribution in [0.25, 0.3) is 0 Å². The van der Waals surface area contributed by atoms with E-state index in [9.17, 15) is 22.8 Å². The van der Waals surface area contributed by atoms with Crippen LogP contribution in [0.5, 0.6) is 0 Å². The smallest absolute Gasteiger partial charge is 0.377 e. The van der Waals surface area contributed by atoms with Gasteiger partial charge in [-0.1, -0.05) is 0 Å². The molecular formula is C19H29N3O8S. The van der Waals surface area contributed by atoms with Crippen LogP contribution in [-0.2, 0) is 33.9 Å². The van der Waals surface area contributed by atoms with E-state index in [1.807, 2.05) is 0 Å². The fourth-order valence-electron chi connectivity index (χ4n) is 4.52. The standard InChI is InChI=1S/C19H29N3O8S/c23-16-4-5-17(24)22(16)30-18(25)20-8-6-19(7-9-20)14-21(10-12-29-19)31(26,27)13-15-3-1-2-11-28-15/h15H,1-14H2. The summed E-state index contributed by atoms with van der Waals surface area (Å²) in [6.07, 6.45) is 2.65. The number of carbonyl (C=O) groups is 3. The maximum atomic E-state index is 12.9. The molecule has 4 heterocycles. The summed E-state index contributed by atoms with van der Waals surface area (Å²) in [5.41, 5.74) is -0.658. The van der Waals surface area contributed by atoms with Crippen molar-refractivity contribution in [3.05, 3.63) is 0 Å². The second-order valence-corrected chi connectivity index (χ2v) is 10.6. The number of amides is 3. The van der Waals surface area contributed by atoms with E-state index in [0.717, 1.165) is 19.3 Å². The van der Waals surface area contributed by atoms with E-state index in [-0.39, 0.29) is 44.3 Å². The summed E-state index contributed by atoms with van der Waals surface area (Å²) in [4.78, 5) is 42.0. The number of nitrogens with zero attached hydrogens (tertiary/aromatic N) is 3. The molecule has 4 aliphatic heterocycles. The lowest BCUT2D eigenvalue weighted by molar-refractivity contribution is -0.175. The van der Waals surface area contributed by atoms with Crippen molar-refractivity contribution in [2.45, 2.75) is 56.7 Å². The summed E-state index contributed by atoms with van der Waals surface area (Å²) in [5.74, 6) is -1.06. The van der Waals surface area contributed by atoms with E-state index in [4.69, 9.17) is 14.3 Å². The molecule has 0 bridgehead atoms. The summed E-state index contributed by atoms with van der Waals surface area (Å²) in [7, 11) is -3.47. The monoisotopic (exact) mass is 459 g/mol. The molecule has 31 heavy (non-hydrogen) atoms. The molecule has 0 saturated carbocycles. The van der Waals surface area contributed by atoms with Gasteiger partial charge in [0.15, 0.2) is 0 Å². The number of sulfonamides is 1. The van der Waals surface area contributed by atoms with Crippen LogP contribution in [0, 0.1) is 0 Å². The lowest BCUT2D eigenvalue weighted by atomic mass is 9.90. The van der Waals surface area contributed by atoms with E-state index >= 15 is 0 Å². The summed E-state index contributed by atoms with van der Waals surface area (Å²) < 4.78 is 39.0. The van der Waals surface area contributed by atoms with Gasteiger partial charge in [0, 0.05) is 45.6 Å². The minimum atomic E-state index is -3.47. The molecule has 0 aromatic carbocycles. The highest BCUT2D eigenvalue weighted by molar-refractivity contribution is 7.89. The molecule has 4 fully saturated rings. The van der Waals surface area contributed by atoms with Crippen LogP contribution < -0.4 is 0 Å². The van der Waals surface area contributed by atoms with Crippen molar-refractivity contribution in [1.82, 2.24) is 14.3 Å². The van der Waals surface area contributed by atoms with Crippen LogP contribution in [0.2, 0.25) is 0 Å². The number of morpholine rings is 1. The van der Waals surface area contributed by atoms with Gasteiger partial charge in [-0.15, -0.1) is 5.06 Å². The van der Waals surface area contributed by atoms with Crippen molar-refractivity contribution >= 4 is 27.9 Å². The van der Waals surface area contributed by atoms with Crippen molar-refractivity contribution in [2.24, 2.45) is 0 Å². The van der Waals surface area contributed by atoms with Gasteiger partial charge in [0.1, 0.15) is 0 Å². The largest absolute Gasteiger partial charge is 0.434 e. The Bertz CT molecular complexity index is 802. The Morgan fingerprint density at radius 2 is 1.77 bits per heavy atom. The van der Waals surface area contributed by atoms with E-state index < -0.39 is 33.5 Å². The molecule has 1 unspecified atom stereocenters. The highest BCUT2D eigenvalue weighted by Crippen LogP contribution is 2.32. The van der Waals surface area contributed by atoms with Crippen molar-refractivity contribution in [3.8, 4) is 0 Å². The molecule has 4 aliphatic rings. The van der Waals surface area contributed by atoms with E-state index in [0.29, 0.717) is 37.7 Å². The fraction of sp³-hybridized carbons (Fsp3) is 0.842. The van der Waals surface area contributed by atoms with Gasteiger partial charge in [-0.05, 0) is 32.1 Å². The van der Waals surface area contributed by atoms with Gasteiger partial charge in [0.05, 0.1) is 24.1 Å². The average Bonchev–Trinajstić information content (AvgIpc) is 3.07. The molecule has 0 aromatic heterocycles. The Kier molecular flexibility index (Phi) is 6.52. The quantitative estimate of drug-likeness (QED) is 0.549. The zero-order valence-electron chi connectivity index (χ0n) is 17.5. The second-order valence-electron chi connectivity index (χ2n) is 8.56. The van der Waals surface area contributed by atoms with Crippen molar-refractivity contribution in [1.29, 1.82) is 0 Å². The van der Waals surface area contributed by atoms with Gasteiger partial charge in [-0.3, -0.25) is 9.59 Å². The number of imide groups is 1. The van der Waals surface area contributed by atoms with Gasteiger partial charge < -0.3 is 19.2 Å². The number of carbonyl (C=O) groups excluding carboxylic acids is 3. The Morgan fingerprint density at radius 3 is 2.42 bits per heavy atom. The summed E-state index contributed by atoms with van der Waals surface area (Å²) in [6.45, 7) is 2.03. The maximum Gasteiger partial charge on any atom is 0.434 e. The first-order chi connectivity index (χ1) is 14.8. The minimum absolute atomic E-state index is 0.0145. The third kappa shape index (κ3) is 5.02. The maximum absolute atomic E-state index is 12.9. The highest BCUT2D eigenvalue weighted by Gasteiger charge is 2.45. The van der Waals surface area contributed by atoms with Crippen LogP contribution in [0.4, 0.5) is 4.79 Å². The Balaban J connectivity index is 1.31. The molecule has 4 rings (SSSR count). The van der Waals surface area contributed by atoms with Crippen molar-refractivity contribution < 1.29 is 37.1 Å². The van der Waals surface area contributed by atoms with Crippen LogP contribution in [0.1, 0.15) is 44.9 Å². The van der Waals surface area contributed by atoms with Crippen molar-refractivity contribution in [2.75, 3.05) is 45.1 Å². The lowest BCUT2D eigenvalue weighted by Crippen LogP contribution is -2.59. The number of hydrogen-bond donors (Lipinski definition) is 0. The summed E-state index contributed by atoms with van der Waals surface area (Å²) in [6, 6.07) is 0. The predicted octanol–water partition coefficient (Wildman–Crippen LogP) is 0.253. The number of rotatable bonds is 4. The van der Waals surface area contributed by atoms with Crippen LogP contribution in [-0.4, -0.2) is 97.4 Å². The molecule has 174 valence electrons. The number of hydroxylamine groups is 2. The molecule has 1 spiro atoms. The van der Waals surface area contributed by atoms with Crippen LogP contribution >= 0.6 is 0 Å². The SMILES string of the molecule is O=C(ON1C(=O)CCC1=O)N1CCC2(CC1)CN(S(=O)(=O)CC1CCCCO1)CCO2. The van der Waals surface area contributed by atoms with E-state index in [2.05, 4.69) is 0 Å². The zero-order chi connectivity index (χ0) is 22.1. The molecule has 0 radical (unpaired) electrons. The topological polar surface area (TPSA) is 123 Å². The van der Waals surface area contributed by atoms with Crippen molar-refractivity contribution in [3.63, 3.8) is 0 Å². The van der Waals surface area contributed by atoms with Gasteiger partial charge in [-0.25, -0.2) is 13.2 Å². The Morgan fingerprint density at radius 1 is 1.06 bits per heavy atom. The van der Waals surface area contributed by atoms with Gasteiger partial charge >= 0.3 is 6.09 Å². The summed E-state index contributed by atoms with van der Waals surface area (Å²) in [5, 5.41) is 0.533. The molecule has 12 heteroatoms. The average molecular weight is 460 g/mol. The Labute approximate surface area is 181 Å². The van der Waals surface area contributed by atoms with Gasteiger partial charge in [0.25, 0.3) is 11.8 Å². The molecular weight excluding hydrogens is 430 g/mol. The lowest BCUT2D eigenvalue weighted by Gasteiger charge is -2.46. The number of ether oxygens (including phenoxy) is 2.